The van der Waals surface area contributed by atoms with Crippen molar-refractivity contribution < 1.29 is 9.18 Å². The fourth-order valence-corrected chi connectivity index (χ4v) is 2.20. The summed E-state index contributed by atoms with van der Waals surface area (Å²) in [6, 6.07) is 4.50. The highest BCUT2D eigenvalue weighted by Crippen LogP contribution is 2.15. The number of hydrogen-bond donors (Lipinski definition) is 2. The molecule has 3 nitrogen and oxygen atoms in total. The molecule has 1 aliphatic rings. The highest BCUT2D eigenvalue weighted by atomic mass is 19.1. The number of nitrogens with one attached hydrogen (secondary N) is 2. The number of aryl methyl sites for hydroxylation is 1. The van der Waals surface area contributed by atoms with Crippen LogP contribution in [0.3, 0.4) is 0 Å². The van der Waals surface area contributed by atoms with Crippen LogP contribution in [-0.4, -0.2) is 18.5 Å². The second-order valence-electron chi connectivity index (χ2n) is 4.81. The molecule has 2 rings (SSSR count). The van der Waals surface area contributed by atoms with E-state index in [1.165, 1.54) is 12.5 Å². The first kappa shape index (κ1) is 13.0. The maximum absolute atomic E-state index is 13.1. The average molecular weight is 250 g/mol. The van der Waals surface area contributed by atoms with E-state index < -0.39 is 0 Å². The summed E-state index contributed by atoms with van der Waals surface area (Å²) in [6.07, 6.45) is 4.24. The van der Waals surface area contributed by atoms with Gasteiger partial charge >= 0.3 is 0 Å². The maximum atomic E-state index is 13.1. The molecule has 1 saturated heterocycles. The molecule has 1 aliphatic heterocycles. The van der Waals surface area contributed by atoms with E-state index in [-0.39, 0.29) is 17.8 Å². The second kappa shape index (κ2) is 5.96. The third kappa shape index (κ3) is 3.29. The Hall–Kier alpha value is -1.42. The summed E-state index contributed by atoms with van der Waals surface area (Å²) >= 11 is 0. The highest BCUT2D eigenvalue weighted by Gasteiger charge is 2.19. The van der Waals surface area contributed by atoms with E-state index in [4.69, 9.17) is 0 Å². The Morgan fingerprint density at radius 1 is 1.39 bits per heavy atom. The molecule has 1 amide bonds. The van der Waals surface area contributed by atoms with Crippen LogP contribution in [0.15, 0.2) is 18.2 Å². The summed E-state index contributed by atoms with van der Waals surface area (Å²) in [7, 11) is 0. The minimum atomic E-state index is -0.249. The third-order valence-electron chi connectivity index (χ3n) is 3.30. The molecular formula is C14H19FN2O. The lowest BCUT2D eigenvalue weighted by molar-refractivity contribution is -0.118. The summed E-state index contributed by atoms with van der Waals surface area (Å²) in [6.45, 7) is 2.58. The van der Waals surface area contributed by atoms with Gasteiger partial charge in [-0.25, -0.2) is 4.39 Å². The zero-order chi connectivity index (χ0) is 13.0. The Bertz CT molecular complexity index is 426. The van der Waals surface area contributed by atoms with Crippen molar-refractivity contribution in [3.05, 3.63) is 29.6 Å². The van der Waals surface area contributed by atoms with E-state index in [1.807, 2.05) is 0 Å². The molecule has 0 aromatic heterocycles. The molecule has 0 aliphatic carbocycles. The van der Waals surface area contributed by atoms with Gasteiger partial charge in [-0.1, -0.05) is 12.8 Å². The Labute approximate surface area is 107 Å². The standard InChI is InChI=1S/C14H19FN2O/c1-10-9-11(6-7-12(10)15)17-14(18)13-5-3-2-4-8-16-13/h6-7,9,13,16H,2-5,8H2,1H3,(H,17,18). The van der Waals surface area contributed by atoms with Gasteiger partial charge in [-0.2, -0.15) is 0 Å². The summed E-state index contributed by atoms with van der Waals surface area (Å²) in [5.74, 6) is -0.275. The molecule has 1 atom stereocenters. The van der Waals surface area contributed by atoms with Crippen molar-refractivity contribution in [1.82, 2.24) is 5.32 Å². The first-order valence-corrected chi connectivity index (χ1v) is 6.47. The lowest BCUT2D eigenvalue weighted by Crippen LogP contribution is -2.39. The van der Waals surface area contributed by atoms with Crippen molar-refractivity contribution in [2.75, 3.05) is 11.9 Å². The summed E-state index contributed by atoms with van der Waals surface area (Å²) in [4.78, 5) is 12.0. The molecule has 4 heteroatoms. The van der Waals surface area contributed by atoms with Gasteiger partial charge in [0, 0.05) is 5.69 Å². The highest BCUT2D eigenvalue weighted by molar-refractivity contribution is 5.94. The van der Waals surface area contributed by atoms with Crippen molar-refractivity contribution in [2.24, 2.45) is 0 Å². The Kier molecular flexibility index (Phi) is 4.31. The molecule has 1 unspecified atom stereocenters. The van der Waals surface area contributed by atoms with E-state index in [0.717, 1.165) is 25.8 Å². The first-order chi connectivity index (χ1) is 8.66. The van der Waals surface area contributed by atoms with Gasteiger partial charge in [-0.15, -0.1) is 0 Å². The largest absolute Gasteiger partial charge is 0.325 e. The normalized spacial score (nSPS) is 20.2. The Balaban J connectivity index is 1.99. The van der Waals surface area contributed by atoms with E-state index >= 15 is 0 Å². The number of carbonyl (C=O) groups is 1. The molecule has 98 valence electrons. The number of benzene rings is 1. The summed E-state index contributed by atoms with van der Waals surface area (Å²) in [5, 5.41) is 6.08. The first-order valence-electron chi connectivity index (χ1n) is 6.47. The van der Waals surface area contributed by atoms with E-state index in [2.05, 4.69) is 10.6 Å². The minimum absolute atomic E-state index is 0.0251. The Morgan fingerprint density at radius 2 is 2.22 bits per heavy atom. The van der Waals surface area contributed by atoms with Gasteiger partial charge in [0.05, 0.1) is 6.04 Å². The minimum Gasteiger partial charge on any atom is -0.325 e. The van der Waals surface area contributed by atoms with Crippen LogP contribution in [0.2, 0.25) is 0 Å². The maximum Gasteiger partial charge on any atom is 0.241 e. The van der Waals surface area contributed by atoms with Crippen molar-refractivity contribution >= 4 is 11.6 Å². The van der Waals surface area contributed by atoms with Crippen molar-refractivity contribution in [3.63, 3.8) is 0 Å². The molecular weight excluding hydrogens is 231 g/mol. The SMILES string of the molecule is Cc1cc(NC(=O)C2CCCCCN2)ccc1F. The van der Waals surface area contributed by atoms with Crippen LogP contribution in [0.1, 0.15) is 31.2 Å². The van der Waals surface area contributed by atoms with Gasteiger partial charge in [0.2, 0.25) is 5.91 Å². The van der Waals surface area contributed by atoms with Crippen LogP contribution in [-0.2, 0) is 4.79 Å². The Morgan fingerprint density at radius 3 is 3.00 bits per heavy atom. The zero-order valence-corrected chi connectivity index (χ0v) is 10.6. The van der Waals surface area contributed by atoms with Gasteiger partial charge in [-0.05, 0) is 50.1 Å². The van der Waals surface area contributed by atoms with Gasteiger partial charge in [0.1, 0.15) is 5.82 Å². The van der Waals surface area contributed by atoms with E-state index in [1.54, 1.807) is 19.1 Å². The topological polar surface area (TPSA) is 41.1 Å². The van der Waals surface area contributed by atoms with Crippen LogP contribution in [0.5, 0.6) is 0 Å². The molecule has 0 bridgehead atoms. The van der Waals surface area contributed by atoms with Crippen LogP contribution in [0.4, 0.5) is 10.1 Å². The number of halogens is 1. The number of hydrogen-bond acceptors (Lipinski definition) is 2. The predicted octanol–water partition coefficient (Wildman–Crippen LogP) is 2.60. The van der Waals surface area contributed by atoms with Gasteiger partial charge in [0.15, 0.2) is 0 Å². The van der Waals surface area contributed by atoms with E-state index in [0.29, 0.717) is 11.3 Å². The average Bonchev–Trinajstić information content (AvgIpc) is 2.62. The van der Waals surface area contributed by atoms with Gasteiger partial charge in [0.25, 0.3) is 0 Å². The summed E-state index contributed by atoms with van der Waals surface area (Å²) < 4.78 is 13.1. The molecule has 18 heavy (non-hydrogen) atoms. The quantitative estimate of drug-likeness (QED) is 0.847. The van der Waals surface area contributed by atoms with Crippen LogP contribution < -0.4 is 10.6 Å². The van der Waals surface area contributed by atoms with Gasteiger partial charge < -0.3 is 10.6 Å². The summed E-state index contributed by atoms with van der Waals surface area (Å²) in [5.41, 5.74) is 1.20. The van der Waals surface area contributed by atoms with Crippen molar-refractivity contribution in [2.45, 2.75) is 38.6 Å². The fourth-order valence-electron chi connectivity index (χ4n) is 2.20. The molecule has 0 saturated carbocycles. The van der Waals surface area contributed by atoms with Crippen LogP contribution in [0.25, 0.3) is 0 Å². The van der Waals surface area contributed by atoms with Gasteiger partial charge in [-0.3, -0.25) is 4.79 Å². The fraction of sp³-hybridized carbons (Fsp3) is 0.500. The zero-order valence-electron chi connectivity index (χ0n) is 10.6. The van der Waals surface area contributed by atoms with Crippen LogP contribution >= 0.6 is 0 Å². The second-order valence-corrected chi connectivity index (χ2v) is 4.81. The molecule has 1 aromatic rings. The molecule has 1 aromatic carbocycles. The molecule has 1 heterocycles. The van der Waals surface area contributed by atoms with E-state index in [9.17, 15) is 9.18 Å². The third-order valence-corrected chi connectivity index (χ3v) is 3.30. The van der Waals surface area contributed by atoms with Crippen molar-refractivity contribution in [3.8, 4) is 0 Å². The molecule has 0 spiro atoms. The monoisotopic (exact) mass is 250 g/mol. The van der Waals surface area contributed by atoms with Crippen LogP contribution in [0, 0.1) is 12.7 Å². The number of rotatable bonds is 2. The number of carbonyl (C=O) groups excluding carboxylic acids is 1. The smallest absolute Gasteiger partial charge is 0.241 e. The number of anilines is 1. The molecule has 2 N–H and O–H groups in total. The molecule has 1 fully saturated rings. The predicted molar refractivity (Wildman–Crippen MR) is 70.0 cm³/mol. The lowest BCUT2D eigenvalue weighted by Gasteiger charge is -2.15. The number of amides is 1. The van der Waals surface area contributed by atoms with Crippen molar-refractivity contribution in [1.29, 1.82) is 0 Å². The lowest BCUT2D eigenvalue weighted by atomic mass is 10.1. The molecule has 0 radical (unpaired) electrons.